The minimum atomic E-state index is -0.176. The summed E-state index contributed by atoms with van der Waals surface area (Å²) >= 11 is 0. The third-order valence-electron chi connectivity index (χ3n) is 2.48. The van der Waals surface area contributed by atoms with Gasteiger partial charge < -0.3 is 10.6 Å². The fraction of sp³-hybridized carbons (Fsp3) is 0.700. The standard InChI is InChI=1S/C10H16N2O/c1-2-3-6-12-7-4-5-9(8-12)10(11)13/h1,9H,3-8H2,(H2,11,13). The van der Waals surface area contributed by atoms with Gasteiger partial charge in [0.15, 0.2) is 0 Å². The Bertz CT molecular complexity index is 219. The van der Waals surface area contributed by atoms with Crippen LogP contribution in [-0.2, 0) is 4.79 Å². The van der Waals surface area contributed by atoms with Crippen LogP contribution in [0.1, 0.15) is 19.3 Å². The van der Waals surface area contributed by atoms with E-state index in [9.17, 15) is 4.79 Å². The molecule has 0 aromatic rings. The molecule has 1 amide bonds. The molecule has 1 rings (SSSR count). The van der Waals surface area contributed by atoms with Crippen molar-refractivity contribution in [3.05, 3.63) is 0 Å². The predicted molar refractivity (Wildman–Crippen MR) is 51.8 cm³/mol. The van der Waals surface area contributed by atoms with E-state index < -0.39 is 0 Å². The molecule has 1 atom stereocenters. The second kappa shape index (κ2) is 4.88. The van der Waals surface area contributed by atoms with Gasteiger partial charge in [-0.25, -0.2) is 0 Å². The van der Waals surface area contributed by atoms with E-state index in [0.29, 0.717) is 0 Å². The molecule has 1 unspecified atom stereocenters. The van der Waals surface area contributed by atoms with E-state index in [1.165, 1.54) is 0 Å². The lowest BCUT2D eigenvalue weighted by molar-refractivity contribution is -0.123. The minimum absolute atomic E-state index is 0.0338. The lowest BCUT2D eigenvalue weighted by Crippen LogP contribution is -2.41. The molecule has 1 saturated heterocycles. The molecule has 0 aromatic carbocycles. The lowest BCUT2D eigenvalue weighted by atomic mass is 9.97. The van der Waals surface area contributed by atoms with E-state index in [0.717, 1.165) is 38.9 Å². The fourth-order valence-electron chi connectivity index (χ4n) is 1.71. The highest BCUT2D eigenvalue weighted by Crippen LogP contribution is 2.15. The molecule has 1 fully saturated rings. The van der Waals surface area contributed by atoms with E-state index in [2.05, 4.69) is 10.8 Å². The number of hydrogen-bond acceptors (Lipinski definition) is 2. The number of rotatable bonds is 3. The second-order valence-corrected chi connectivity index (χ2v) is 3.50. The predicted octanol–water partition coefficient (Wildman–Crippen LogP) is 0.207. The van der Waals surface area contributed by atoms with Gasteiger partial charge in [-0.2, -0.15) is 0 Å². The summed E-state index contributed by atoms with van der Waals surface area (Å²) in [6.07, 6.45) is 7.91. The normalized spacial score (nSPS) is 23.8. The van der Waals surface area contributed by atoms with Crippen molar-refractivity contribution in [3.63, 3.8) is 0 Å². The highest BCUT2D eigenvalue weighted by molar-refractivity contribution is 5.76. The Balaban J connectivity index is 2.34. The highest BCUT2D eigenvalue weighted by Gasteiger charge is 2.22. The van der Waals surface area contributed by atoms with Crippen molar-refractivity contribution < 1.29 is 4.79 Å². The van der Waals surface area contributed by atoms with Crippen LogP contribution in [0.5, 0.6) is 0 Å². The van der Waals surface area contributed by atoms with Crippen LogP contribution in [0, 0.1) is 18.3 Å². The van der Waals surface area contributed by atoms with Crippen LogP contribution in [-0.4, -0.2) is 30.4 Å². The zero-order valence-electron chi connectivity index (χ0n) is 7.83. The quantitative estimate of drug-likeness (QED) is 0.631. The van der Waals surface area contributed by atoms with Crippen LogP contribution in [0.25, 0.3) is 0 Å². The zero-order valence-corrected chi connectivity index (χ0v) is 7.83. The van der Waals surface area contributed by atoms with Gasteiger partial charge >= 0.3 is 0 Å². The summed E-state index contributed by atoms with van der Waals surface area (Å²) in [5, 5.41) is 0. The van der Waals surface area contributed by atoms with Gasteiger partial charge in [-0.05, 0) is 19.4 Å². The number of nitrogens with zero attached hydrogens (tertiary/aromatic N) is 1. The molecular formula is C10H16N2O. The minimum Gasteiger partial charge on any atom is -0.369 e. The van der Waals surface area contributed by atoms with Crippen LogP contribution in [0.3, 0.4) is 0 Å². The Kier molecular flexibility index (Phi) is 3.78. The summed E-state index contributed by atoms with van der Waals surface area (Å²) in [5.41, 5.74) is 5.25. The van der Waals surface area contributed by atoms with Crippen molar-refractivity contribution in [1.82, 2.24) is 4.90 Å². The molecule has 1 aliphatic rings. The van der Waals surface area contributed by atoms with Gasteiger partial charge in [0.1, 0.15) is 0 Å². The molecule has 72 valence electrons. The number of hydrogen-bond donors (Lipinski definition) is 1. The largest absolute Gasteiger partial charge is 0.369 e. The van der Waals surface area contributed by atoms with E-state index >= 15 is 0 Å². The topological polar surface area (TPSA) is 46.3 Å². The maximum Gasteiger partial charge on any atom is 0.221 e. The van der Waals surface area contributed by atoms with Crippen molar-refractivity contribution >= 4 is 5.91 Å². The molecule has 0 aliphatic carbocycles. The Morgan fingerprint density at radius 1 is 1.69 bits per heavy atom. The van der Waals surface area contributed by atoms with Gasteiger partial charge in [-0.3, -0.25) is 4.79 Å². The average Bonchev–Trinajstić information content (AvgIpc) is 2.15. The van der Waals surface area contributed by atoms with Gasteiger partial charge in [0.25, 0.3) is 0 Å². The molecule has 0 saturated carbocycles. The maximum absolute atomic E-state index is 10.9. The SMILES string of the molecule is C#CCCN1CCCC(C(N)=O)C1. The number of carbonyl (C=O) groups is 1. The number of primary amides is 1. The van der Waals surface area contributed by atoms with Gasteiger partial charge in [0.2, 0.25) is 5.91 Å². The van der Waals surface area contributed by atoms with Crippen LogP contribution < -0.4 is 5.73 Å². The number of likely N-dealkylation sites (tertiary alicyclic amines) is 1. The number of piperidine rings is 1. The van der Waals surface area contributed by atoms with Crippen molar-refractivity contribution in [2.45, 2.75) is 19.3 Å². The van der Waals surface area contributed by atoms with E-state index in [1.807, 2.05) is 0 Å². The van der Waals surface area contributed by atoms with Crippen LogP contribution in [0.15, 0.2) is 0 Å². The maximum atomic E-state index is 10.9. The Hall–Kier alpha value is -1.01. The molecule has 0 radical (unpaired) electrons. The summed E-state index contributed by atoms with van der Waals surface area (Å²) in [7, 11) is 0. The third-order valence-corrected chi connectivity index (χ3v) is 2.48. The first-order valence-corrected chi connectivity index (χ1v) is 4.69. The van der Waals surface area contributed by atoms with Gasteiger partial charge in [-0.15, -0.1) is 12.3 Å². The Labute approximate surface area is 79.3 Å². The summed E-state index contributed by atoms with van der Waals surface area (Å²) in [6.45, 7) is 2.72. The Morgan fingerprint density at radius 2 is 2.46 bits per heavy atom. The first-order chi connectivity index (χ1) is 6.24. The molecule has 1 aliphatic heterocycles. The molecule has 0 spiro atoms. The van der Waals surface area contributed by atoms with E-state index in [1.54, 1.807) is 0 Å². The van der Waals surface area contributed by atoms with E-state index in [4.69, 9.17) is 12.2 Å². The summed E-state index contributed by atoms with van der Waals surface area (Å²) in [4.78, 5) is 13.1. The smallest absolute Gasteiger partial charge is 0.221 e. The van der Waals surface area contributed by atoms with Gasteiger partial charge in [0.05, 0.1) is 5.92 Å². The fourth-order valence-corrected chi connectivity index (χ4v) is 1.71. The van der Waals surface area contributed by atoms with Gasteiger partial charge in [-0.1, -0.05) is 0 Å². The highest BCUT2D eigenvalue weighted by atomic mass is 16.1. The molecule has 0 bridgehead atoms. The van der Waals surface area contributed by atoms with Gasteiger partial charge in [0, 0.05) is 19.5 Å². The van der Waals surface area contributed by atoms with Crippen LogP contribution in [0.2, 0.25) is 0 Å². The molecule has 2 N–H and O–H groups in total. The molecule has 3 nitrogen and oxygen atoms in total. The number of nitrogens with two attached hydrogens (primary N) is 1. The first kappa shape index (κ1) is 10.1. The summed E-state index contributed by atoms with van der Waals surface area (Å²) in [6, 6.07) is 0. The van der Waals surface area contributed by atoms with Crippen molar-refractivity contribution in [2.24, 2.45) is 11.7 Å². The molecule has 13 heavy (non-hydrogen) atoms. The first-order valence-electron chi connectivity index (χ1n) is 4.69. The molecule has 3 heteroatoms. The molecule has 1 heterocycles. The number of carbonyl (C=O) groups excluding carboxylic acids is 1. The van der Waals surface area contributed by atoms with Crippen LogP contribution in [0.4, 0.5) is 0 Å². The average molecular weight is 180 g/mol. The third kappa shape index (κ3) is 3.08. The number of amides is 1. The molecule has 0 aromatic heterocycles. The molecular weight excluding hydrogens is 164 g/mol. The van der Waals surface area contributed by atoms with Crippen molar-refractivity contribution in [1.29, 1.82) is 0 Å². The monoisotopic (exact) mass is 180 g/mol. The lowest BCUT2D eigenvalue weighted by Gasteiger charge is -2.30. The van der Waals surface area contributed by atoms with Crippen molar-refractivity contribution in [3.8, 4) is 12.3 Å². The van der Waals surface area contributed by atoms with Crippen LogP contribution >= 0.6 is 0 Å². The van der Waals surface area contributed by atoms with Crippen molar-refractivity contribution in [2.75, 3.05) is 19.6 Å². The number of terminal acetylenes is 1. The summed E-state index contributed by atoms with van der Waals surface area (Å²) in [5.74, 6) is 2.46. The Morgan fingerprint density at radius 3 is 3.08 bits per heavy atom. The zero-order chi connectivity index (χ0) is 9.68. The summed E-state index contributed by atoms with van der Waals surface area (Å²) < 4.78 is 0. The van der Waals surface area contributed by atoms with E-state index in [-0.39, 0.29) is 11.8 Å². The second-order valence-electron chi connectivity index (χ2n) is 3.50.